The highest BCUT2D eigenvalue weighted by atomic mass is 79.9. The smallest absolute Gasteiger partial charge is 0.0732 e. The average molecular weight is 310 g/mol. The first kappa shape index (κ1) is 13.4. The number of hydrogen-bond acceptors (Lipinski definition) is 0. The molecule has 0 aliphatic rings. The Morgan fingerprint density at radius 2 is 1.77 bits per heavy atom. The molecule has 0 aliphatic carbocycles. The van der Waals surface area contributed by atoms with Crippen LogP contribution < -0.4 is 0 Å². The van der Waals surface area contributed by atoms with Crippen molar-refractivity contribution in [2.75, 3.05) is 0 Å². The van der Waals surface area contributed by atoms with Crippen molar-refractivity contribution in [3.8, 4) is 0 Å². The molecule has 0 saturated carbocycles. The Kier molecular flexibility index (Phi) is 8.07. The number of halogens is 2. The van der Waals surface area contributed by atoms with Gasteiger partial charge in [0.1, 0.15) is 0 Å². The molecule has 0 aromatic carbocycles. The summed E-state index contributed by atoms with van der Waals surface area (Å²) in [5.74, 6) is 0. The lowest BCUT2D eigenvalue weighted by molar-refractivity contribution is 0.952. The van der Waals surface area contributed by atoms with E-state index >= 15 is 0 Å². The zero-order valence-corrected chi connectivity index (χ0v) is 11.8. The quantitative estimate of drug-likeness (QED) is 0.484. The summed E-state index contributed by atoms with van der Waals surface area (Å²) in [6.45, 7) is 6.49. The second kappa shape index (κ2) is 7.81. The molecule has 2 heteroatoms. The molecule has 0 aliphatic heterocycles. The minimum atomic E-state index is 0.415. The molecule has 0 atom stereocenters. The third-order valence-electron chi connectivity index (χ3n) is 1.74. The van der Waals surface area contributed by atoms with Crippen LogP contribution in [0.25, 0.3) is 0 Å². The summed E-state index contributed by atoms with van der Waals surface area (Å²) in [6.07, 6.45) is 7.97. The van der Waals surface area contributed by atoms with Crippen molar-refractivity contribution in [3.63, 3.8) is 0 Å². The number of rotatable bonds is 5. The lowest BCUT2D eigenvalue weighted by Gasteiger charge is -2.00. The highest BCUT2D eigenvalue weighted by molar-refractivity contribution is 9.24. The van der Waals surface area contributed by atoms with Crippen LogP contribution in [-0.4, -0.2) is 3.74 Å². The van der Waals surface area contributed by atoms with E-state index in [2.05, 4.69) is 64.8 Å². The van der Waals surface area contributed by atoms with Crippen LogP contribution in [0.2, 0.25) is 0 Å². The maximum Gasteiger partial charge on any atom is 0.0732 e. The first-order chi connectivity index (χ1) is 6.02. The molecular weight excluding hydrogens is 292 g/mol. The summed E-state index contributed by atoms with van der Waals surface area (Å²) in [4.78, 5) is 0. The van der Waals surface area contributed by atoms with E-state index < -0.39 is 0 Å². The van der Waals surface area contributed by atoms with E-state index in [1.165, 1.54) is 24.0 Å². The van der Waals surface area contributed by atoms with Crippen LogP contribution in [0.5, 0.6) is 0 Å². The molecule has 0 heterocycles. The molecule has 0 amide bonds. The first-order valence-corrected chi connectivity index (χ1v) is 6.42. The van der Waals surface area contributed by atoms with Gasteiger partial charge < -0.3 is 0 Å². The van der Waals surface area contributed by atoms with Crippen LogP contribution in [0, 0.1) is 0 Å². The van der Waals surface area contributed by atoms with Crippen LogP contribution >= 0.6 is 31.9 Å². The lowest BCUT2D eigenvalue weighted by atomic mass is 10.1. The standard InChI is InChI=1S/C11H18Br2/c1-9(2)5-4-6-10(3)7-8-11(12)13/h5,7,11H,4,6,8H2,1-3H3. The van der Waals surface area contributed by atoms with Crippen LogP contribution in [0.4, 0.5) is 0 Å². The van der Waals surface area contributed by atoms with E-state index in [9.17, 15) is 0 Å². The monoisotopic (exact) mass is 308 g/mol. The van der Waals surface area contributed by atoms with Crippen molar-refractivity contribution in [2.24, 2.45) is 0 Å². The number of allylic oxidation sites excluding steroid dienone is 4. The molecule has 0 aromatic heterocycles. The molecule has 0 spiro atoms. The summed E-state index contributed by atoms with van der Waals surface area (Å²) in [7, 11) is 0. The summed E-state index contributed by atoms with van der Waals surface area (Å²) in [5.41, 5.74) is 2.88. The second-order valence-corrected chi connectivity index (χ2v) is 6.94. The van der Waals surface area contributed by atoms with Crippen molar-refractivity contribution < 1.29 is 0 Å². The Labute approximate surface area is 98.7 Å². The van der Waals surface area contributed by atoms with Crippen molar-refractivity contribution in [2.45, 2.75) is 43.8 Å². The molecule has 0 rings (SSSR count). The number of alkyl halides is 2. The second-order valence-electron chi connectivity index (χ2n) is 3.50. The molecule has 13 heavy (non-hydrogen) atoms. The van der Waals surface area contributed by atoms with Gasteiger partial charge in [-0.1, -0.05) is 55.2 Å². The molecule has 0 saturated heterocycles. The largest absolute Gasteiger partial charge is 0.0856 e. The van der Waals surface area contributed by atoms with Gasteiger partial charge in [0, 0.05) is 0 Å². The van der Waals surface area contributed by atoms with Gasteiger partial charge in [0.05, 0.1) is 3.74 Å². The van der Waals surface area contributed by atoms with E-state index in [0.717, 1.165) is 6.42 Å². The van der Waals surface area contributed by atoms with E-state index in [0.29, 0.717) is 3.74 Å². The molecular formula is C11H18Br2. The van der Waals surface area contributed by atoms with Crippen molar-refractivity contribution in [3.05, 3.63) is 23.3 Å². The fourth-order valence-electron chi connectivity index (χ4n) is 0.981. The predicted octanol–water partition coefficient (Wildman–Crippen LogP) is 5.19. The highest BCUT2D eigenvalue weighted by Crippen LogP contribution is 2.16. The highest BCUT2D eigenvalue weighted by Gasteiger charge is 1.94. The van der Waals surface area contributed by atoms with Gasteiger partial charge in [-0.3, -0.25) is 0 Å². The molecule has 0 N–H and O–H groups in total. The van der Waals surface area contributed by atoms with Crippen molar-refractivity contribution in [1.82, 2.24) is 0 Å². The van der Waals surface area contributed by atoms with E-state index in [-0.39, 0.29) is 0 Å². The Morgan fingerprint density at radius 1 is 1.15 bits per heavy atom. The zero-order valence-electron chi connectivity index (χ0n) is 8.61. The van der Waals surface area contributed by atoms with Crippen molar-refractivity contribution in [1.29, 1.82) is 0 Å². The summed E-state index contributed by atoms with van der Waals surface area (Å²) in [5, 5.41) is 0. The lowest BCUT2D eigenvalue weighted by Crippen LogP contribution is -1.83. The van der Waals surface area contributed by atoms with Gasteiger partial charge in [0.2, 0.25) is 0 Å². The van der Waals surface area contributed by atoms with E-state index in [4.69, 9.17) is 0 Å². The molecule has 76 valence electrons. The SMILES string of the molecule is CC(C)=CCCC(C)=CCC(Br)Br. The molecule has 0 unspecified atom stereocenters. The maximum atomic E-state index is 3.45. The normalized spacial score (nSPS) is 12.0. The Balaban J connectivity index is 3.67. The van der Waals surface area contributed by atoms with E-state index in [1.54, 1.807) is 0 Å². The third kappa shape index (κ3) is 10.4. The van der Waals surface area contributed by atoms with Gasteiger partial charge in [-0.25, -0.2) is 0 Å². The Hall–Kier alpha value is 0.440. The van der Waals surface area contributed by atoms with Crippen LogP contribution in [0.3, 0.4) is 0 Å². The van der Waals surface area contributed by atoms with Gasteiger partial charge in [-0.05, 0) is 40.0 Å². The average Bonchev–Trinajstić information content (AvgIpc) is 2.00. The fourth-order valence-corrected chi connectivity index (χ4v) is 1.35. The molecule has 0 bridgehead atoms. The zero-order chi connectivity index (χ0) is 10.3. The minimum absolute atomic E-state index is 0.415. The molecule has 0 nitrogen and oxygen atoms in total. The van der Waals surface area contributed by atoms with Gasteiger partial charge in [0.25, 0.3) is 0 Å². The Bertz CT molecular complexity index is 186. The summed E-state index contributed by atoms with van der Waals surface area (Å²) >= 11 is 6.91. The van der Waals surface area contributed by atoms with Gasteiger partial charge in [-0.15, -0.1) is 0 Å². The van der Waals surface area contributed by atoms with Gasteiger partial charge in [-0.2, -0.15) is 0 Å². The Morgan fingerprint density at radius 3 is 2.23 bits per heavy atom. The minimum Gasteiger partial charge on any atom is -0.0856 e. The van der Waals surface area contributed by atoms with Gasteiger partial charge in [0.15, 0.2) is 0 Å². The number of hydrogen-bond donors (Lipinski definition) is 0. The van der Waals surface area contributed by atoms with E-state index in [1.807, 2.05) is 0 Å². The van der Waals surface area contributed by atoms with Crippen LogP contribution in [0.15, 0.2) is 23.3 Å². The first-order valence-electron chi connectivity index (χ1n) is 4.59. The fraction of sp³-hybridized carbons (Fsp3) is 0.636. The predicted molar refractivity (Wildman–Crippen MR) is 68.7 cm³/mol. The third-order valence-corrected chi connectivity index (χ3v) is 2.48. The summed E-state index contributed by atoms with van der Waals surface area (Å²) < 4.78 is 0.415. The maximum absolute atomic E-state index is 3.45. The topological polar surface area (TPSA) is 0 Å². The van der Waals surface area contributed by atoms with Crippen LogP contribution in [-0.2, 0) is 0 Å². The summed E-state index contributed by atoms with van der Waals surface area (Å²) in [6, 6.07) is 0. The van der Waals surface area contributed by atoms with Crippen LogP contribution in [0.1, 0.15) is 40.0 Å². The molecule has 0 fully saturated rings. The van der Waals surface area contributed by atoms with Crippen molar-refractivity contribution >= 4 is 31.9 Å². The molecule has 0 aromatic rings. The van der Waals surface area contributed by atoms with Gasteiger partial charge >= 0.3 is 0 Å². The molecule has 0 radical (unpaired) electrons.